The lowest BCUT2D eigenvalue weighted by Gasteiger charge is -2.06. The zero-order chi connectivity index (χ0) is 15.1. The molecule has 0 aliphatic carbocycles. The second-order valence-electron chi connectivity index (χ2n) is 5.13. The van der Waals surface area contributed by atoms with Crippen LogP contribution >= 0.6 is 11.3 Å². The van der Waals surface area contributed by atoms with Crippen molar-refractivity contribution >= 4 is 17.2 Å². The van der Waals surface area contributed by atoms with Crippen molar-refractivity contribution in [3.63, 3.8) is 0 Å². The Kier molecular flexibility index (Phi) is 5.95. The fourth-order valence-electron chi connectivity index (χ4n) is 1.70. The molecule has 6 heteroatoms. The number of thiophene rings is 1. The molecule has 0 aromatic carbocycles. The first-order valence-corrected chi connectivity index (χ1v) is 7.91. The monoisotopic (exact) mass is 308 g/mol. The van der Waals surface area contributed by atoms with Gasteiger partial charge >= 0.3 is 0 Å². The molecule has 0 saturated carbocycles. The largest absolute Gasteiger partial charge is 0.381 e. The number of nitrogens with zero attached hydrogens (tertiary/aromatic N) is 1. The molecule has 0 aliphatic heterocycles. The summed E-state index contributed by atoms with van der Waals surface area (Å²) >= 11 is 1.55. The van der Waals surface area contributed by atoms with Crippen LogP contribution in [-0.4, -0.2) is 30.8 Å². The van der Waals surface area contributed by atoms with E-state index in [0.717, 1.165) is 17.9 Å². The Morgan fingerprint density at radius 3 is 3.10 bits per heavy atom. The van der Waals surface area contributed by atoms with Gasteiger partial charge in [-0.3, -0.25) is 4.79 Å². The summed E-state index contributed by atoms with van der Waals surface area (Å²) in [4.78, 5) is 12.9. The molecule has 2 aromatic rings. The molecule has 2 rings (SSSR count). The topological polar surface area (TPSA) is 64.4 Å². The number of rotatable bonds is 8. The maximum Gasteiger partial charge on any atom is 0.273 e. The number of carbonyl (C=O) groups is 1. The van der Waals surface area contributed by atoms with Crippen molar-refractivity contribution in [3.05, 3.63) is 29.3 Å². The zero-order valence-electron chi connectivity index (χ0n) is 12.3. The highest BCUT2D eigenvalue weighted by Gasteiger charge is 2.13. The Balaban J connectivity index is 1.71. The summed E-state index contributed by atoms with van der Waals surface area (Å²) in [5, 5.41) is 8.56. The van der Waals surface area contributed by atoms with Gasteiger partial charge in [-0.1, -0.05) is 25.1 Å². The number of nitrogens with one attached hydrogen (secondary N) is 1. The van der Waals surface area contributed by atoms with Gasteiger partial charge in [-0.05, 0) is 23.8 Å². The molecule has 1 N–H and O–H groups in total. The van der Waals surface area contributed by atoms with Crippen LogP contribution < -0.4 is 5.32 Å². The molecular weight excluding hydrogens is 288 g/mol. The molecular formula is C15H20N2O3S. The van der Waals surface area contributed by atoms with Gasteiger partial charge in [0.25, 0.3) is 5.91 Å². The third-order valence-electron chi connectivity index (χ3n) is 2.71. The van der Waals surface area contributed by atoms with E-state index in [-0.39, 0.29) is 5.91 Å². The van der Waals surface area contributed by atoms with Crippen LogP contribution in [0, 0.1) is 5.92 Å². The molecule has 2 heterocycles. The Hall–Kier alpha value is -1.66. The van der Waals surface area contributed by atoms with E-state index in [4.69, 9.17) is 9.26 Å². The highest BCUT2D eigenvalue weighted by molar-refractivity contribution is 7.13. The maximum atomic E-state index is 11.9. The number of hydrogen-bond acceptors (Lipinski definition) is 5. The van der Waals surface area contributed by atoms with Crippen LogP contribution in [0.2, 0.25) is 0 Å². The van der Waals surface area contributed by atoms with Gasteiger partial charge in [-0.2, -0.15) is 0 Å². The molecule has 0 saturated heterocycles. The fourth-order valence-corrected chi connectivity index (χ4v) is 2.38. The average molecular weight is 308 g/mol. The van der Waals surface area contributed by atoms with Crippen molar-refractivity contribution in [1.29, 1.82) is 0 Å². The SMILES string of the molecule is CC(C)COCCCNC(=O)c1cc(-c2cccs2)on1. The summed E-state index contributed by atoms with van der Waals surface area (Å²) in [7, 11) is 0. The van der Waals surface area contributed by atoms with Gasteiger partial charge in [0.2, 0.25) is 0 Å². The van der Waals surface area contributed by atoms with Crippen molar-refractivity contribution < 1.29 is 14.1 Å². The van der Waals surface area contributed by atoms with E-state index in [1.165, 1.54) is 0 Å². The van der Waals surface area contributed by atoms with Gasteiger partial charge in [0.05, 0.1) is 4.88 Å². The summed E-state index contributed by atoms with van der Waals surface area (Å²) < 4.78 is 10.6. The first kappa shape index (κ1) is 15.7. The number of carbonyl (C=O) groups excluding carboxylic acids is 1. The summed E-state index contributed by atoms with van der Waals surface area (Å²) in [6.07, 6.45) is 0.786. The normalized spacial score (nSPS) is 11.0. The lowest BCUT2D eigenvalue weighted by Crippen LogP contribution is -2.25. The van der Waals surface area contributed by atoms with Gasteiger partial charge in [0.1, 0.15) is 0 Å². The molecule has 0 unspecified atom stereocenters. The number of amides is 1. The molecule has 21 heavy (non-hydrogen) atoms. The Labute approximate surface area is 128 Å². The predicted molar refractivity (Wildman–Crippen MR) is 82.4 cm³/mol. The van der Waals surface area contributed by atoms with Crippen molar-refractivity contribution in [3.8, 4) is 10.6 Å². The minimum absolute atomic E-state index is 0.217. The molecule has 1 amide bonds. The number of hydrogen-bond donors (Lipinski definition) is 1. The predicted octanol–water partition coefficient (Wildman–Crippen LogP) is 3.20. The van der Waals surface area contributed by atoms with Crippen LogP contribution in [0.1, 0.15) is 30.8 Å². The van der Waals surface area contributed by atoms with Crippen LogP contribution in [-0.2, 0) is 4.74 Å². The molecule has 0 radical (unpaired) electrons. The van der Waals surface area contributed by atoms with E-state index < -0.39 is 0 Å². The van der Waals surface area contributed by atoms with Gasteiger partial charge in [0, 0.05) is 25.8 Å². The van der Waals surface area contributed by atoms with E-state index in [2.05, 4.69) is 24.3 Å². The van der Waals surface area contributed by atoms with Crippen LogP contribution in [0.25, 0.3) is 10.6 Å². The van der Waals surface area contributed by atoms with E-state index in [1.807, 2.05) is 17.5 Å². The third-order valence-corrected chi connectivity index (χ3v) is 3.59. The summed E-state index contributed by atoms with van der Waals surface area (Å²) in [5.41, 5.74) is 0.307. The minimum atomic E-state index is -0.217. The summed E-state index contributed by atoms with van der Waals surface area (Å²) in [6, 6.07) is 5.52. The lowest BCUT2D eigenvalue weighted by atomic mass is 10.2. The van der Waals surface area contributed by atoms with E-state index >= 15 is 0 Å². The molecule has 0 aliphatic rings. The van der Waals surface area contributed by atoms with Crippen LogP contribution in [0.5, 0.6) is 0 Å². The van der Waals surface area contributed by atoms with Crippen molar-refractivity contribution in [2.45, 2.75) is 20.3 Å². The van der Waals surface area contributed by atoms with E-state index in [1.54, 1.807) is 17.4 Å². The van der Waals surface area contributed by atoms with Crippen molar-refractivity contribution in [2.75, 3.05) is 19.8 Å². The Morgan fingerprint density at radius 2 is 2.38 bits per heavy atom. The van der Waals surface area contributed by atoms with Gasteiger partial charge in [0.15, 0.2) is 11.5 Å². The minimum Gasteiger partial charge on any atom is -0.381 e. The summed E-state index contributed by atoms with van der Waals surface area (Å²) in [6.45, 7) is 6.19. The molecule has 0 bridgehead atoms. The molecule has 0 atom stereocenters. The van der Waals surface area contributed by atoms with Crippen molar-refractivity contribution in [1.82, 2.24) is 10.5 Å². The average Bonchev–Trinajstić information content (AvgIpc) is 3.11. The molecule has 114 valence electrons. The van der Waals surface area contributed by atoms with Gasteiger partial charge in [-0.25, -0.2) is 0 Å². The Morgan fingerprint density at radius 1 is 1.52 bits per heavy atom. The lowest BCUT2D eigenvalue weighted by molar-refractivity contribution is 0.0917. The second-order valence-corrected chi connectivity index (χ2v) is 6.08. The first-order chi connectivity index (χ1) is 10.2. The number of aromatic nitrogens is 1. The molecule has 2 aromatic heterocycles. The molecule has 0 fully saturated rings. The quantitative estimate of drug-likeness (QED) is 0.761. The van der Waals surface area contributed by atoms with Crippen molar-refractivity contribution in [2.24, 2.45) is 5.92 Å². The molecule has 0 spiro atoms. The number of ether oxygens (including phenoxy) is 1. The second kappa shape index (κ2) is 7.95. The van der Waals surface area contributed by atoms with E-state index in [0.29, 0.717) is 30.5 Å². The highest BCUT2D eigenvalue weighted by Crippen LogP contribution is 2.24. The standard InChI is InChI=1S/C15H20N2O3S/c1-11(2)10-19-7-4-6-16-15(18)12-9-13(20-17-12)14-5-3-8-21-14/h3,5,8-9,11H,4,6-7,10H2,1-2H3,(H,16,18). The zero-order valence-corrected chi connectivity index (χ0v) is 13.1. The van der Waals surface area contributed by atoms with Gasteiger partial charge < -0.3 is 14.6 Å². The third kappa shape index (κ3) is 4.99. The van der Waals surface area contributed by atoms with Crippen LogP contribution in [0.15, 0.2) is 28.1 Å². The van der Waals surface area contributed by atoms with Crippen LogP contribution in [0.4, 0.5) is 0 Å². The van der Waals surface area contributed by atoms with E-state index in [9.17, 15) is 4.79 Å². The smallest absolute Gasteiger partial charge is 0.273 e. The Bertz CT molecular complexity index is 549. The van der Waals surface area contributed by atoms with Crippen LogP contribution in [0.3, 0.4) is 0 Å². The fraction of sp³-hybridized carbons (Fsp3) is 0.467. The molecule has 5 nitrogen and oxygen atoms in total. The van der Waals surface area contributed by atoms with Gasteiger partial charge in [-0.15, -0.1) is 11.3 Å². The first-order valence-electron chi connectivity index (χ1n) is 7.03. The highest BCUT2D eigenvalue weighted by atomic mass is 32.1. The maximum absolute atomic E-state index is 11.9. The summed E-state index contributed by atoms with van der Waals surface area (Å²) in [5.74, 6) is 0.936.